The molecule has 1 amide bonds. The van der Waals surface area contributed by atoms with E-state index in [0.29, 0.717) is 0 Å². The van der Waals surface area contributed by atoms with Crippen LogP contribution in [0.3, 0.4) is 0 Å². The van der Waals surface area contributed by atoms with Crippen molar-refractivity contribution in [3.05, 3.63) is 10.4 Å². The van der Waals surface area contributed by atoms with E-state index in [2.05, 4.69) is 10.0 Å². The summed E-state index contributed by atoms with van der Waals surface area (Å²) in [6, 6.07) is -1.50. The highest BCUT2D eigenvalue weighted by atomic mass is 16.4. The fourth-order valence-corrected chi connectivity index (χ4v) is 1.08. The molecule has 0 spiro atoms. The molecule has 0 saturated heterocycles. The van der Waals surface area contributed by atoms with Gasteiger partial charge in [-0.15, -0.1) is 0 Å². The van der Waals surface area contributed by atoms with Gasteiger partial charge in [0.25, 0.3) is 0 Å². The number of amides is 1. The molecule has 10 heteroatoms. The predicted octanol–water partition coefficient (Wildman–Crippen LogP) is -2.94. The van der Waals surface area contributed by atoms with Crippen LogP contribution in [0.4, 0.5) is 0 Å². The highest BCUT2D eigenvalue weighted by molar-refractivity contribution is 5.81. The molecule has 0 bridgehead atoms. The number of aliphatic hydroxyl groups excluding tert-OH is 4. The highest BCUT2D eigenvalue weighted by Gasteiger charge is 2.31. The van der Waals surface area contributed by atoms with Gasteiger partial charge in [0.05, 0.1) is 6.61 Å². The van der Waals surface area contributed by atoms with Crippen molar-refractivity contribution in [3.63, 3.8) is 0 Å². The lowest BCUT2D eigenvalue weighted by atomic mass is 10.0. The molecule has 0 radical (unpaired) electrons. The van der Waals surface area contributed by atoms with Crippen LogP contribution in [0, 0.1) is 0 Å². The van der Waals surface area contributed by atoms with Gasteiger partial charge in [0.1, 0.15) is 37.2 Å². The Morgan fingerprint density at radius 1 is 1.39 bits per heavy atom. The molecule has 18 heavy (non-hydrogen) atoms. The Morgan fingerprint density at radius 2 is 2.00 bits per heavy atom. The van der Waals surface area contributed by atoms with Crippen LogP contribution in [0.25, 0.3) is 10.4 Å². The molecule has 0 heterocycles. The number of nitrogens with one attached hydrogen (secondary N) is 1. The second-order valence-electron chi connectivity index (χ2n) is 3.35. The van der Waals surface area contributed by atoms with Crippen LogP contribution in [0.1, 0.15) is 0 Å². The van der Waals surface area contributed by atoms with Crippen molar-refractivity contribution >= 4 is 12.2 Å². The molecule has 10 nitrogen and oxygen atoms in total. The van der Waals surface area contributed by atoms with Crippen LogP contribution in [-0.4, -0.2) is 70.1 Å². The standard InChI is InChI=1S/C8H14N4O6/c9-12-10-1-6(16)11-4(2-13)7(17)8(18)5(15)3-14/h2,4-5,7-8,14-15,17-18H,1,3H2,(H,11,16)/t4-,5+,7+,8-/m0/s1. The van der Waals surface area contributed by atoms with Crippen LogP contribution in [-0.2, 0) is 9.59 Å². The van der Waals surface area contributed by atoms with Gasteiger partial charge in [-0.25, -0.2) is 0 Å². The van der Waals surface area contributed by atoms with Crippen molar-refractivity contribution in [2.45, 2.75) is 24.4 Å². The number of carbonyl (C=O) groups is 2. The average molecular weight is 262 g/mol. The summed E-state index contributed by atoms with van der Waals surface area (Å²) in [5.41, 5.74) is 7.97. The van der Waals surface area contributed by atoms with Gasteiger partial charge in [-0.1, -0.05) is 5.11 Å². The Kier molecular flexibility index (Phi) is 7.59. The number of azide groups is 1. The van der Waals surface area contributed by atoms with Gasteiger partial charge >= 0.3 is 0 Å². The number of aliphatic hydroxyl groups is 4. The highest BCUT2D eigenvalue weighted by Crippen LogP contribution is 2.03. The SMILES string of the molecule is [N-]=[N+]=NCC(=O)N[C@@H](C=O)[C@@H](O)[C@@H](O)[C@H](O)CO. The second-order valence-corrected chi connectivity index (χ2v) is 3.35. The fraction of sp³-hybridized carbons (Fsp3) is 0.750. The minimum Gasteiger partial charge on any atom is -0.394 e. The molecular weight excluding hydrogens is 248 g/mol. The van der Waals surface area contributed by atoms with E-state index in [4.69, 9.17) is 15.7 Å². The topological polar surface area (TPSA) is 176 Å². The number of carbonyl (C=O) groups excluding carboxylic acids is 2. The van der Waals surface area contributed by atoms with E-state index in [1.165, 1.54) is 0 Å². The molecule has 4 atom stereocenters. The predicted molar refractivity (Wildman–Crippen MR) is 57.1 cm³/mol. The molecule has 5 N–H and O–H groups in total. The molecule has 0 unspecified atom stereocenters. The van der Waals surface area contributed by atoms with E-state index in [-0.39, 0.29) is 6.29 Å². The molecule has 0 aromatic carbocycles. The largest absolute Gasteiger partial charge is 0.394 e. The lowest BCUT2D eigenvalue weighted by molar-refractivity contribution is -0.130. The third-order valence-electron chi connectivity index (χ3n) is 2.05. The Labute approximate surface area is 101 Å². The van der Waals surface area contributed by atoms with E-state index >= 15 is 0 Å². The zero-order valence-corrected chi connectivity index (χ0v) is 9.25. The van der Waals surface area contributed by atoms with Crippen molar-refractivity contribution in [1.82, 2.24) is 5.32 Å². The van der Waals surface area contributed by atoms with Crippen molar-refractivity contribution in [3.8, 4) is 0 Å². The molecule has 0 aliphatic rings. The zero-order chi connectivity index (χ0) is 14.1. The van der Waals surface area contributed by atoms with Crippen molar-refractivity contribution < 1.29 is 30.0 Å². The fourth-order valence-electron chi connectivity index (χ4n) is 1.08. The van der Waals surface area contributed by atoms with Crippen LogP contribution in [0.2, 0.25) is 0 Å². The molecule has 102 valence electrons. The average Bonchev–Trinajstić information content (AvgIpc) is 2.39. The summed E-state index contributed by atoms with van der Waals surface area (Å²) >= 11 is 0. The Morgan fingerprint density at radius 3 is 2.44 bits per heavy atom. The number of aldehydes is 1. The second kappa shape index (κ2) is 8.39. The monoisotopic (exact) mass is 262 g/mol. The van der Waals surface area contributed by atoms with Crippen LogP contribution >= 0.6 is 0 Å². The number of hydrogen-bond donors (Lipinski definition) is 5. The maximum Gasteiger partial charge on any atom is 0.226 e. The molecule has 0 aliphatic carbocycles. The van der Waals surface area contributed by atoms with Gasteiger partial charge < -0.3 is 30.5 Å². The molecule has 0 aliphatic heterocycles. The van der Waals surface area contributed by atoms with Crippen LogP contribution < -0.4 is 5.32 Å². The zero-order valence-electron chi connectivity index (χ0n) is 9.25. The van der Waals surface area contributed by atoms with Crippen molar-refractivity contribution in [1.29, 1.82) is 0 Å². The van der Waals surface area contributed by atoms with E-state index in [9.17, 15) is 19.8 Å². The van der Waals surface area contributed by atoms with E-state index < -0.39 is 43.4 Å². The summed E-state index contributed by atoms with van der Waals surface area (Å²) < 4.78 is 0. The van der Waals surface area contributed by atoms with E-state index in [0.717, 1.165) is 0 Å². The Hall–Kier alpha value is -1.71. The van der Waals surface area contributed by atoms with Gasteiger partial charge in [-0.3, -0.25) is 4.79 Å². The molecule has 0 aromatic heterocycles. The number of nitrogens with zero attached hydrogens (tertiary/aromatic N) is 3. The van der Waals surface area contributed by atoms with Crippen molar-refractivity contribution in [2.24, 2.45) is 5.11 Å². The summed E-state index contributed by atoms with van der Waals surface area (Å²) in [7, 11) is 0. The molecular formula is C8H14N4O6. The Bertz CT molecular complexity index is 332. The minimum atomic E-state index is -1.81. The maximum atomic E-state index is 11.1. The normalized spacial score (nSPS) is 16.9. The summed E-state index contributed by atoms with van der Waals surface area (Å²) in [4.78, 5) is 24.1. The molecule has 0 aromatic rings. The summed E-state index contributed by atoms with van der Waals surface area (Å²) in [5, 5.41) is 41.3. The third kappa shape index (κ3) is 5.08. The van der Waals surface area contributed by atoms with E-state index in [1.807, 2.05) is 5.32 Å². The van der Waals surface area contributed by atoms with Gasteiger partial charge in [-0.05, 0) is 5.53 Å². The van der Waals surface area contributed by atoms with Gasteiger partial charge in [0, 0.05) is 4.91 Å². The third-order valence-corrected chi connectivity index (χ3v) is 2.05. The van der Waals surface area contributed by atoms with Gasteiger partial charge in [-0.2, -0.15) is 0 Å². The first-order chi connectivity index (χ1) is 8.47. The van der Waals surface area contributed by atoms with Crippen LogP contribution in [0.15, 0.2) is 5.11 Å². The number of rotatable bonds is 8. The lowest BCUT2D eigenvalue weighted by Gasteiger charge is -2.26. The summed E-state index contributed by atoms with van der Waals surface area (Å²) in [6.07, 6.45) is -5.13. The molecule has 0 fully saturated rings. The van der Waals surface area contributed by atoms with Crippen LogP contribution in [0.5, 0.6) is 0 Å². The first-order valence-electron chi connectivity index (χ1n) is 4.88. The van der Waals surface area contributed by atoms with Gasteiger partial charge in [0.2, 0.25) is 5.91 Å². The molecule has 0 saturated carbocycles. The quantitative estimate of drug-likeness (QED) is 0.135. The van der Waals surface area contributed by atoms with E-state index in [1.54, 1.807) is 0 Å². The maximum absolute atomic E-state index is 11.1. The summed E-state index contributed by atoms with van der Waals surface area (Å²) in [5.74, 6) is -0.838. The smallest absolute Gasteiger partial charge is 0.226 e. The number of hydrogen-bond acceptors (Lipinski definition) is 7. The Balaban J connectivity index is 4.52. The lowest BCUT2D eigenvalue weighted by Crippen LogP contribution is -2.53. The first kappa shape index (κ1) is 16.3. The van der Waals surface area contributed by atoms with Crippen molar-refractivity contribution in [2.75, 3.05) is 13.2 Å². The minimum absolute atomic E-state index is 0.145. The molecule has 0 rings (SSSR count). The first-order valence-corrected chi connectivity index (χ1v) is 4.88. The summed E-state index contributed by atoms with van der Waals surface area (Å²) in [6.45, 7) is -1.40. The van der Waals surface area contributed by atoms with Gasteiger partial charge in [0.15, 0.2) is 0 Å².